The van der Waals surface area contributed by atoms with Gasteiger partial charge in [0.15, 0.2) is 5.82 Å². The molecule has 1 atom stereocenters. The molecule has 11 heteroatoms. The van der Waals surface area contributed by atoms with Gasteiger partial charge in [0.25, 0.3) is 15.9 Å². The summed E-state index contributed by atoms with van der Waals surface area (Å²) in [6.45, 7) is 1.65. The highest BCUT2D eigenvalue weighted by atomic mass is 32.2. The second-order valence-corrected chi connectivity index (χ2v) is 7.16. The van der Waals surface area contributed by atoms with Crippen molar-refractivity contribution >= 4 is 27.7 Å². The molecule has 0 aliphatic rings. The second kappa shape index (κ2) is 7.66. The van der Waals surface area contributed by atoms with E-state index in [0.29, 0.717) is 11.3 Å². The number of primary sulfonamides is 1. The van der Waals surface area contributed by atoms with E-state index in [4.69, 9.17) is 18.8 Å². The number of aromatic nitrogens is 1. The first kappa shape index (κ1) is 19.3. The van der Waals surface area contributed by atoms with Gasteiger partial charge in [0.1, 0.15) is 5.76 Å². The summed E-state index contributed by atoms with van der Waals surface area (Å²) in [7, 11) is -4.12. The summed E-state index contributed by atoms with van der Waals surface area (Å²) in [4.78, 5) is 25.0. The smallest absolute Gasteiger partial charge is 0.375 e. The highest BCUT2D eigenvalue weighted by Crippen LogP contribution is 2.23. The number of nitrogens with zero attached hydrogens (tertiary/aromatic N) is 1. The molecule has 0 bridgehead atoms. The van der Waals surface area contributed by atoms with E-state index in [2.05, 4.69) is 10.5 Å². The van der Waals surface area contributed by atoms with Crippen molar-refractivity contribution in [1.29, 1.82) is 0 Å². The number of carbonyl (C=O) groups excluding carboxylic acids is 2. The minimum Gasteiger partial charge on any atom is -0.441 e. The Hall–Kier alpha value is -3.44. The molecule has 0 aliphatic heterocycles. The fraction of sp³-hybridized carbons (Fsp3) is 0.118. The molecule has 0 fully saturated rings. The first-order valence-electron chi connectivity index (χ1n) is 7.87. The molecule has 2 heterocycles. The quantitative estimate of drug-likeness (QED) is 0.588. The van der Waals surface area contributed by atoms with Crippen LogP contribution < -0.4 is 10.5 Å². The summed E-state index contributed by atoms with van der Waals surface area (Å²) < 4.78 is 37.6. The Morgan fingerprint density at radius 2 is 1.89 bits per heavy atom. The van der Waals surface area contributed by atoms with Crippen LogP contribution in [0.2, 0.25) is 0 Å². The van der Waals surface area contributed by atoms with Crippen LogP contribution in [0.4, 0.5) is 5.82 Å². The Morgan fingerprint density at radius 3 is 2.46 bits per heavy atom. The number of benzene rings is 1. The van der Waals surface area contributed by atoms with Crippen molar-refractivity contribution in [2.45, 2.75) is 18.1 Å². The van der Waals surface area contributed by atoms with E-state index >= 15 is 0 Å². The van der Waals surface area contributed by atoms with Crippen molar-refractivity contribution in [2.75, 3.05) is 5.32 Å². The number of carbonyl (C=O) groups is 2. The van der Waals surface area contributed by atoms with Crippen LogP contribution >= 0.6 is 0 Å². The number of nitrogens with one attached hydrogen (secondary N) is 1. The van der Waals surface area contributed by atoms with Gasteiger partial charge in [0, 0.05) is 11.6 Å². The maximum Gasteiger partial charge on any atom is 0.375 e. The van der Waals surface area contributed by atoms with Gasteiger partial charge >= 0.3 is 5.97 Å². The van der Waals surface area contributed by atoms with Gasteiger partial charge in [0.05, 0.1) is 0 Å². The van der Waals surface area contributed by atoms with Crippen LogP contribution in [0.1, 0.15) is 28.0 Å². The van der Waals surface area contributed by atoms with E-state index in [1.807, 2.05) is 0 Å². The molecule has 0 aliphatic carbocycles. The van der Waals surface area contributed by atoms with Crippen molar-refractivity contribution in [3.8, 4) is 0 Å². The fourth-order valence-corrected chi connectivity index (χ4v) is 2.73. The molecule has 3 rings (SSSR count). The van der Waals surface area contributed by atoms with Crippen molar-refractivity contribution in [1.82, 2.24) is 5.16 Å². The van der Waals surface area contributed by atoms with E-state index in [0.717, 1.165) is 12.1 Å². The molecule has 3 aromatic rings. The Bertz CT molecular complexity index is 1100. The zero-order valence-corrected chi connectivity index (χ0v) is 15.3. The zero-order chi connectivity index (χ0) is 20.3. The van der Waals surface area contributed by atoms with E-state index in [9.17, 15) is 18.0 Å². The standard InChI is InChI=1S/C17H15N3O7S/c1-10-9-13(20-27-10)19-16(21)15(11-5-3-2-4-6-11)26-17(22)12-7-8-14(25-12)28(18,23)24/h2-9,15H,1H3,(H2,18,23,24)(H,19,20,21). The number of hydrogen-bond donors (Lipinski definition) is 2. The Labute approximate surface area is 159 Å². The Balaban J connectivity index is 1.84. The van der Waals surface area contributed by atoms with Gasteiger partial charge in [-0.25, -0.2) is 18.4 Å². The van der Waals surface area contributed by atoms with Crippen molar-refractivity contribution < 1.29 is 31.7 Å². The first-order chi connectivity index (χ1) is 13.2. The Kier molecular flexibility index (Phi) is 5.29. The minimum atomic E-state index is -4.12. The van der Waals surface area contributed by atoms with Gasteiger partial charge in [0.2, 0.25) is 17.0 Å². The molecule has 0 saturated heterocycles. The Morgan fingerprint density at radius 1 is 1.18 bits per heavy atom. The van der Waals surface area contributed by atoms with Gasteiger partial charge in [-0.3, -0.25) is 4.79 Å². The van der Waals surface area contributed by atoms with Crippen LogP contribution in [0.15, 0.2) is 62.6 Å². The molecular formula is C17H15N3O7S. The molecule has 0 radical (unpaired) electrons. The number of amides is 1. The number of esters is 1. The highest BCUT2D eigenvalue weighted by Gasteiger charge is 2.28. The SMILES string of the molecule is Cc1cc(NC(=O)C(OC(=O)c2ccc(S(N)(=O)=O)o2)c2ccccc2)no1. The van der Waals surface area contributed by atoms with Crippen molar-refractivity contribution in [3.63, 3.8) is 0 Å². The predicted octanol–water partition coefficient (Wildman–Crippen LogP) is 1.76. The topological polar surface area (TPSA) is 155 Å². The molecule has 0 saturated carbocycles. The van der Waals surface area contributed by atoms with Crippen LogP contribution in [0, 0.1) is 6.92 Å². The molecule has 2 aromatic heterocycles. The number of ether oxygens (including phenoxy) is 1. The summed E-state index contributed by atoms with van der Waals surface area (Å²) in [6.07, 6.45) is -1.35. The van der Waals surface area contributed by atoms with Crippen LogP contribution in [-0.4, -0.2) is 25.5 Å². The molecule has 3 N–H and O–H groups in total. The van der Waals surface area contributed by atoms with E-state index in [-0.39, 0.29) is 5.82 Å². The fourth-order valence-electron chi connectivity index (χ4n) is 2.27. The molecule has 1 amide bonds. The van der Waals surface area contributed by atoms with Crippen molar-refractivity contribution in [3.05, 3.63) is 65.6 Å². The second-order valence-electron chi connectivity index (χ2n) is 5.67. The van der Waals surface area contributed by atoms with E-state index < -0.39 is 38.9 Å². The van der Waals surface area contributed by atoms with Gasteiger partial charge < -0.3 is 19.0 Å². The minimum absolute atomic E-state index is 0.147. The molecule has 28 heavy (non-hydrogen) atoms. The highest BCUT2D eigenvalue weighted by molar-refractivity contribution is 7.89. The number of anilines is 1. The lowest BCUT2D eigenvalue weighted by Gasteiger charge is -2.16. The van der Waals surface area contributed by atoms with Crippen LogP contribution in [0.25, 0.3) is 0 Å². The predicted molar refractivity (Wildman–Crippen MR) is 94.5 cm³/mol. The maximum atomic E-state index is 12.6. The van der Waals surface area contributed by atoms with Crippen molar-refractivity contribution in [2.24, 2.45) is 5.14 Å². The average Bonchev–Trinajstić information content (AvgIpc) is 3.29. The first-order valence-corrected chi connectivity index (χ1v) is 9.41. The van der Waals surface area contributed by atoms with Gasteiger partial charge in [-0.15, -0.1) is 0 Å². The third-order valence-electron chi connectivity index (χ3n) is 3.51. The number of rotatable bonds is 6. The lowest BCUT2D eigenvalue weighted by atomic mass is 10.1. The lowest BCUT2D eigenvalue weighted by Crippen LogP contribution is -2.26. The number of nitrogens with two attached hydrogens (primary N) is 1. The van der Waals surface area contributed by atoms with Crippen LogP contribution in [0.3, 0.4) is 0 Å². The molecule has 1 unspecified atom stereocenters. The van der Waals surface area contributed by atoms with Gasteiger partial charge in [-0.05, 0) is 19.1 Å². The monoisotopic (exact) mass is 405 g/mol. The molecular weight excluding hydrogens is 390 g/mol. The average molecular weight is 405 g/mol. The normalized spacial score (nSPS) is 12.4. The largest absolute Gasteiger partial charge is 0.441 e. The molecule has 146 valence electrons. The maximum absolute atomic E-state index is 12.6. The summed E-state index contributed by atoms with van der Waals surface area (Å²) in [5.41, 5.74) is 0.381. The number of aryl methyl sites for hydroxylation is 1. The summed E-state index contributed by atoms with van der Waals surface area (Å²) in [6, 6.07) is 11.8. The van der Waals surface area contributed by atoms with E-state index in [1.165, 1.54) is 6.07 Å². The summed E-state index contributed by atoms with van der Waals surface area (Å²) >= 11 is 0. The van der Waals surface area contributed by atoms with Crippen LogP contribution in [0.5, 0.6) is 0 Å². The third-order valence-corrected chi connectivity index (χ3v) is 4.29. The molecule has 10 nitrogen and oxygen atoms in total. The van der Waals surface area contributed by atoms with Gasteiger partial charge in [-0.2, -0.15) is 0 Å². The zero-order valence-electron chi connectivity index (χ0n) is 14.5. The lowest BCUT2D eigenvalue weighted by molar-refractivity contribution is -0.125. The molecule has 0 spiro atoms. The summed E-state index contributed by atoms with van der Waals surface area (Å²) in [5, 5.41) is 10.5. The number of hydrogen-bond acceptors (Lipinski definition) is 8. The third kappa shape index (κ3) is 4.45. The number of furan rings is 1. The molecule has 1 aromatic carbocycles. The summed E-state index contributed by atoms with van der Waals surface area (Å²) in [5.74, 6) is -1.53. The van der Waals surface area contributed by atoms with Crippen LogP contribution in [-0.2, 0) is 19.6 Å². The number of sulfonamides is 1. The van der Waals surface area contributed by atoms with E-state index in [1.54, 1.807) is 37.3 Å². The van der Waals surface area contributed by atoms with Gasteiger partial charge in [-0.1, -0.05) is 35.5 Å².